The van der Waals surface area contributed by atoms with Crippen molar-refractivity contribution >= 4 is 17.8 Å². The van der Waals surface area contributed by atoms with Gasteiger partial charge in [-0.1, -0.05) is 149 Å². The van der Waals surface area contributed by atoms with Crippen LogP contribution in [0.3, 0.4) is 0 Å². The van der Waals surface area contributed by atoms with E-state index in [1.165, 1.54) is 108 Å². The van der Waals surface area contributed by atoms with Gasteiger partial charge in [0.25, 0.3) is 0 Å². The standard InChI is InChI=1S/C37H72N2O4/c1-4-7-9-11-13-15-17-19-21-23-25-30-35(40)39(34(29-27-28-32-38)37(42)43-33-6-3)36(41)31-26-24-22-20-18-16-14-12-10-8-5-2/h34H,4-33,38H2,1-3H3/t34-/m0/s1. The Kier molecular flexibility index (Phi) is 30.9. The van der Waals surface area contributed by atoms with Gasteiger partial charge >= 0.3 is 5.97 Å². The van der Waals surface area contributed by atoms with Gasteiger partial charge < -0.3 is 10.5 Å². The highest BCUT2D eigenvalue weighted by molar-refractivity contribution is 5.99. The van der Waals surface area contributed by atoms with Gasteiger partial charge in [-0.15, -0.1) is 0 Å². The van der Waals surface area contributed by atoms with Crippen LogP contribution in [0.1, 0.15) is 201 Å². The molecule has 43 heavy (non-hydrogen) atoms. The van der Waals surface area contributed by atoms with Gasteiger partial charge in [0, 0.05) is 12.8 Å². The molecule has 0 radical (unpaired) electrons. The maximum Gasteiger partial charge on any atom is 0.329 e. The van der Waals surface area contributed by atoms with E-state index in [-0.39, 0.29) is 11.8 Å². The molecule has 0 unspecified atom stereocenters. The lowest BCUT2D eigenvalue weighted by atomic mass is 10.0. The molecule has 0 aliphatic heterocycles. The van der Waals surface area contributed by atoms with E-state index in [0.717, 1.165) is 44.9 Å². The van der Waals surface area contributed by atoms with Crippen molar-refractivity contribution in [2.45, 2.75) is 207 Å². The van der Waals surface area contributed by atoms with E-state index in [0.29, 0.717) is 45.3 Å². The number of unbranched alkanes of at least 4 members (excludes halogenated alkanes) is 21. The Morgan fingerprint density at radius 2 is 0.884 bits per heavy atom. The van der Waals surface area contributed by atoms with Gasteiger partial charge in [-0.3, -0.25) is 14.5 Å². The molecule has 0 saturated heterocycles. The monoisotopic (exact) mass is 609 g/mol. The second kappa shape index (κ2) is 32.0. The molecule has 0 spiro atoms. The van der Waals surface area contributed by atoms with Crippen molar-refractivity contribution in [3.05, 3.63) is 0 Å². The van der Waals surface area contributed by atoms with Crippen LogP contribution >= 0.6 is 0 Å². The Labute approximate surface area is 267 Å². The normalized spacial score (nSPS) is 11.9. The molecule has 6 nitrogen and oxygen atoms in total. The first-order valence-corrected chi connectivity index (χ1v) is 18.7. The number of carbonyl (C=O) groups excluding carboxylic acids is 3. The molecule has 0 bridgehead atoms. The van der Waals surface area contributed by atoms with Gasteiger partial charge in [0.15, 0.2) is 0 Å². The lowest BCUT2D eigenvalue weighted by molar-refractivity contribution is -0.162. The predicted octanol–water partition coefficient (Wildman–Crippen LogP) is 10.2. The number of ether oxygens (including phenoxy) is 1. The van der Waals surface area contributed by atoms with E-state index < -0.39 is 12.0 Å². The molecule has 0 fully saturated rings. The molecular weight excluding hydrogens is 536 g/mol. The summed E-state index contributed by atoms with van der Waals surface area (Å²) in [6.07, 6.45) is 29.8. The molecule has 0 aromatic heterocycles. The summed E-state index contributed by atoms with van der Waals surface area (Å²) in [5, 5.41) is 0. The summed E-state index contributed by atoms with van der Waals surface area (Å²) >= 11 is 0. The predicted molar refractivity (Wildman–Crippen MR) is 182 cm³/mol. The molecule has 0 saturated carbocycles. The SMILES string of the molecule is CCCCCCCCCCCCCC(=O)N(C(=O)CCCCCCCCCCCCC)[C@@H](CCCCN)C(=O)OCCC. The van der Waals surface area contributed by atoms with Crippen LogP contribution in [0.4, 0.5) is 0 Å². The minimum Gasteiger partial charge on any atom is -0.464 e. The number of hydrogen-bond acceptors (Lipinski definition) is 5. The second-order valence-electron chi connectivity index (χ2n) is 12.7. The summed E-state index contributed by atoms with van der Waals surface area (Å²) in [4.78, 5) is 41.3. The smallest absolute Gasteiger partial charge is 0.329 e. The maximum atomic E-state index is 13.5. The molecular formula is C37H72N2O4. The highest BCUT2D eigenvalue weighted by atomic mass is 16.5. The van der Waals surface area contributed by atoms with Crippen LogP contribution in [0.15, 0.2) is 0 Å². The zero-order valence-corrected chi connectivity index (χ0v) is 28.9. The molecule has 0 rings (SSSR count). The first-order valence-electron chi connectivity index (χ1n) is 18.7. The highest BCUT2D eigenvalue weighted by Gasteiger charge is 2.34. The van der Waals surface area contributed by atoms with Crippen molar-refractivity contribution in [3.8, 4) is 0 Å². The number of rotatable bonds is 32. The minimum absolute atomic E-state index is 0.213. The number of nitrogens with zero attached hydrogens (tertiary/aromatic N) is 1. The highest BCUT2D eigenvalue weighted by Crippen LogP contribution is 2.19. The van der Waals surface area contributed by atoms with Gasteiger partial charge in [-0.05, 0) is 45.1 Å². The minimum atomic E-state index is -0.835. The van der Waals surface area contributed by atoms with Crippen molar-refractivity contribution in [1.29, 1.82) is 0 Å². The van der Waals surface area contributed by atoms with E-state index in [1.807, 2.05) is 6.92 Å². The summed E-state index contributed by atoms with van der Waals surface area (Å²) in [5.74, 6) is -0.871. The molecule has 0 aliphatic carbocycles. The first-order chi connectivity index (χ1) is 21.0. The van der Waals surface area contributed by atoms with Crippen molar-refractivity contribution in [1.82, 2.24) is 4.90 Å². The Hall–Kier alpha value is -1.43. The van der Waals surface area contributed by atoms with Crippen LogP contribution in [-0.2, 0) is 19.1 Å². The van der Waals surface area contributed by atoms with Crippen molar-refractivity contribution in [2.24, 2.45) is 5.73 Å². The topological polar surface area (TPSA) is 89.7 Å². The Bertz CT molecular complexity index is 617. The number of esters is 1. The fraction of sp³-hybridized carbons (Fsp3) is 0.919. The van der Waals surface area contributed by atoms with Crippen molar-refractivity contribution < 1.29 is 19.1 Å². The molecule has 0 aromatic carbocycles. The Balaban J connectivity index is 4.80. The fourth-order valence-electron chi connectivity index (χ4n) is 5.74. The molecule has 6 heteroatoms. The van der Waals surface area contributed by atoms with Crippen LogP contribution in [0.2, 0.25) is 0 Å². The Morgan fingerprint density at radius 3 is 1.23 bits per heavy atom. The van der Waals surface area contributed by atoms with Gasteiger partial charge in [-0.2, -0.15) is 0 Å². The van der Waals surface area contributed by atoms with Crippen LogP contribution in [-0.4, -0.2) is 41.9 Å². The molecule has 0 heterocycles. The summed E-state index contributed by atoms with van der Waals surface area (Å²) in [6, 6.07) is -0.835. The van der Waals surface area contributed by atoms with Crippen LogP contribution in [0.5, 0.6) is 0 Å². The molecule has 0 aliphatic rings. The van der Waals surface area contributed by atoms with Gasteiger partial charge in [-0.25, -0.2) is 4.79 Å². The second-order valence-corrected chi connectivity index (χ2v) is 12.7. The zero-order valence-electron chi connectivity index (χ0n) is 28.9. The average molecular weight is 609 g/mol. The van der Waals surface area contributed by atoms with E-state index >= 15 is 0 Å². The van der Waals surface area contributed by atoms with Crippen molar-refractivity contribution in [2.75, 3.05) is 13.2 Å². The number of nitrogens with two attached hydrogens (primary N) is 1. The van der Waals surface area contributed by atoms with Gasteiger partial charge in [0.05, 0.1) is 6.61 Å². The van der Waals surface area contributed by atoms with Gasteiger partial charge in [0.2, 0.25) is 11.8 Å². The van der Waals surface area contributed by atoms with Crippen LogP contribution in [0, 0.1) is 0 Å². The Morgan fingerprint density at radius 1 is 0.512 bits per heavy atom. The maximum absolute atomic E-state index is 13.5. The number of carbonyl (C=O) groups is 3. The van der Waals surface area contributed by atoms with E-state index in [2.05, 4.69) is 13.8 Å². The van der Waals surface area contributed by atoms with E-state index in [9.17, 15) is 14.4 Å². The number of imide groups is 1. The third-order valence-corrected chi connectivity index (χ3v) is 8.49. The van der Waals surface area contributed by atoms with Crippen LogP contribution < -0.4 is 5.73 Å². The largest absolute Gasteiger partial charge is 0.464 e. The summed E-state index contributed by atoms with van der Waals surface area (Å²) in [7, 11) is 0. The lowest BCUT2D eigenvalue weighted by Gasteiger charge is -2.29. The van der Waals surface area contributed by atoms with Gasteiger partial charge in [0.1, 0.15) is 6.04 Å². The van der Waals surface area contributed by atoms with Crippen LogP contribution in [0.25, 0.3) is 0 Å². The first kappa shape index (κ1) is 41.6. The molecule has 254 valence electrons. The molecule has 2 N–H and O–H groups in total. The van der Waals surface area contributed by atoms with Crippen molar-refractivity contribution in [3.63, 3.8) is 0 Å². The lowest BCUT2D eigenvalue weighted by Crippen LogP contribution is -2.49. The average Bonchev–Trinajstić information content (AvgIpc) is 3.00. The third-order valence-electron chi connectivity index (χ3n) is 8.49. The number of amides is 2. The molecule has 0 aromatic rings. The third kappa shape index (κ3) is 24.6. The van der Waals surface area contributed by atoms with E-state index in [4.69, 9.17) is 10.5 Å². The molecule has 1 atom stereocenters. The summed E-state index contributed by atoms with van der Waals surface area (Å²) < 4.78 is 5.47. The number of hydrogen-bond donors (Lipinski definition) is 1. The zero-order chi connectivity index (χ0) is 31.8. The quantitative estimate of drug-likeness (QED) is 0.0606. The van der Waals surface area contributed by atoms with E-state index in [1.54, 1.807) is 0 Å². The fourth-order valence-corrected chi connectivity index (χ4v) is 5.74. The summed E-state index contributed by atoms with van der Waals surface area (Å²) in [6.45, 7) is 7.28. The molecule has 2 amide bonds. The summed E-state index contributed by atoms with van der Waals surface area (Å²) in [5.41, 5.74) is 5.71.